The number of nitro groups is 1. The highest BCUT2D eigenvalue weighted by molar-refractivity contribution is 5.85. The lowest BCUT2D eigenvalue weighted by Gasteiger charge is -2.06. The Balaban J connectivity index is 1.94. The van der Waals surface area contributed by atoms with Crippen molar-refractivity contribution in [1.82, 2.24) is 4.98 Å². The van der Waals surface area contributed by atoms with Crippen LogP contribution in [0.2, 0.25) is 0 Å². The fraction of sp³-hybridized carbons (Fsp3) is 0.111. The van der Waals surface area contributed by atoms with Gasteiger partial charge in [-0.3, -0.25) is 10.1 Å². The summed E-state index contributed by atoms with van der Waals surface area (Å²) in [6.45, 7) is 3.69. The van der Waals surface area contributed by atoms with Gasteiger partial charge in [0.2, 0.25) is 0 Å². The first-order chi connectivity index (χ1) is 11.1. The number of aromatic amines is 1. The standard InChI is InChI=1S/C18H16N2O3/c1-2-3-13-8-12(4-7-18(13)21)9-14-11-19-17-10-15(20(22)23)5-6-16(14)17/h2,4-8,10-11,19,21H,1,3,9H2. The molecule has 0 fully saturated rings. The average molecular weight is 308 g/mol. The summed E-state index contributed by atoms with van der Waals surface area (Å²) in [5.41, 5.74) is 3.79. The van der Waals surface area contributed by atoms with Gasteiger partial charge in [0, 0.05) is 23.7 Å². The van der Waals surface area contributed by atoms with Crippen LogP contribution in [0, 0.1) is 10.1 Å². The van der Waals surface area contributed by atoms with Gasteiger partial charge in [-0.1, -0.05) is 18.2 Å². The lowest BCUT2D eigenvalue weighted by atomic mass is 10.0. The van der Waals surface area contributed by atoms with Gasteiger partial charge in [0.05, 0.1) is 10.4 Å². The van der Waals surface area contributed by atoms with E-state index in [9.17, 15) is 15.2 Å². The number of phenols is 1. The number of H-pyrrole nitrogens is 1. The summed E-state index contributed by atoms with van der Waals surface area (Å²) in [4.78, 5) is 13.5. The maximum Gasteiger partial charge on any atom is 0.271 e. The summed E-state index contributed by atoms with van der Waals surface area (Å²) in [5.74, 6) is 0.267. The van der Waals surface area contributed by atoms with Crippen molar-refractivity contribution in [2.75, 3.05) is 0 Å². The average Bonchev–Trinajstić information content (AvgIpc) is 2.93. The van der Waals surface area contributed by atoms with Crippen LogP contribution in [-0.4, -0.2) is 15.0 Å². The molecule has 5 heteroatoms. The lowest BCUT2D eigenvalue weighted by Crippen LogP contribution is -1.91. The number of fused-ring (bicyclic) bond motifs is 1. The summed E-state index contributed by atoms with van der Waals surface area (Å²) in [7, 11) is 0. The molecule has 1 aromatic heterocycles. The molecule has 0 aliphatic rings. The van der Waals surface area contributed by atoms with E-state index in [0.29, 0.717) is 12.8 Å². The van der Waals surface area contributed by atoms with Gasteiger partial charge in [0.1, 0.15) is 5.75 Å². The van der Waals surface area contributed by atoms with Crippen molar-refractivity contribution in [3.63, 3.8) is 0 Å². The zero-order chi connectivity index (χ0) is 16.4. The number of hydrogen-bond donors (Lipinski definition) is 2. The molecule has 2 N–H and O–H groups in total. The van der Waals surface area contributed by atoms with E-state index in [4.69, 9.17) is 0 Å². The van der Waals surface area contributed by atoms with Crippen LogP contribution in [0.5, 0.6) is 5.75 Å². The minimum absolute atomic E-state index is 0.0730. The van der Waals surface area contributed by atoms with Crippen molar-refractivity contribution >= 4 is 16.6 Å². The second-order valence-electron chi connectivity index (χ2n) is 5.43. The van der Waals surface area contributed by atoms with E-state index in [1.165, 1.54) is 6.07 Å². The highest BCUT2D eigenvalue weighted by atomic mass is 16.6. The van der Waals surface area contributed by atoms with Crippen LogP contribution in [-0.2, 0) is 12.8 Å². The van der Waals surface area contributed by atoms with Crippen molar-refractivity contribution in [3.05, 3.63) is 82.1 Å². The predicted molar refractivity (Wildman–Crippen MR) is 89.8 cm³/mol. The van der Waals surface area contributed by atoms with Crippen molar-refractivity contribution in [3.8, 4) is 5.75 Å². The third-order valence-electron chi connectivity index (χ3n) is 3.86. The highest BCUT2D eigenvalue weighted by Crippen LogP contribution is 2.26. The number of non-ortho nitro benzene ring substituents is 1. The first kappa shape index (κ1) is 14.8. The third kappa shape index (κ3) is 2.94. The highest BCUT2D eigenvalue weighted by Gasteiger charge is 2.11. The molecule has 116 valence electrons. The first-order valence-corrected chi connectivity index (χ1v) is 7.24. The molecule has 0 aliphatic carbocycles. The molecule has 23 heavy (non-hydrogen) atoms. The molecule has 0 unspecified atom stereocenters. The number of nitrogens with zero attached hydrogens (tertiary/aromatic N) is 1. The predicted octanol–water partition coefficient (Wildman–Crippen LogP) is 4.10. The molecular weight excluding hydrogens is 292 g/mol. The van der Waals surface area contributed by atoms with Gasteiger partial charge in [-0.2, -0.15) is 0 Å². The van der Waals surface area contributed by atoms with Gasteiger partial charge in [0.25, 0.3) is 5.69 Å². The molecule has 0 amide bonds. The summed E-state index contributed by atoms with van der Waals surface area (Å²) < 4.78 is 0. The SMILES string of the molecule is C=CCc1cc(Cc2c[nH]c3cc([N+](=O)[O-])ccc23)ccc1O. The van der Waals surface area contributed by atoms with Crippen molar-refractivity contribution in [2.24, 2.45) is 0 Å². The minimum Gasteiger partial charge on any atom is -0.508 e. The topological polar surface area (TPSA) is 79.2 Å². The summed E-state index contributed by atoms with van der Waals surface area (Å²) in [6, 6.07) is 10.4. The van der Waals surface area contributed by atoms with Crippen LogP contribution < -0.4 is 0 Å². The smallest absolute Gasteiger partial charge is 0.271 e. The Hall–Kier alpha value is -3.08. The minimum atomic E-state index is -0.401. The van der Waals surface area contributed by atoms with E-state index >= 15 is 0 Å². The van der Waals surface area contributed by atoms with Gasteiger partial charge >= 0.3 is 0 Å². The van der Waals surface area contributed by atoms with E-state index in [0.717, 1.165) is 27.6 Å². The number of allylic oxidation sites excluding steroid dienone is 1. The Morgan fingerprint density at radius 1 is 1.22 bits per heavy atom. The van der Waals surface area contributed by atoms with E-state index in [-0.39, 0.29) is 11.4 Å². The summed E-state index contributed by atoms with van der Waals surface area (Å²) >= 11 is 0. The quantitative estimate of drug-likeness (QED) is 0.423. The Bertz CT molecular complexity index is 896. The molecule has 0 radical (unpaired) electrons. The van der Waals surface area contributed by atoms with Gasteiger partial charge in [-0.05, 0) is 41.7 Å². The number of rotatable bonds is 5. The van der Waals surface area contributed by atoms with Gasteiger partial charge in [0.15, 0.2) is 0 Å². The van der Waals surface area contributed by atoms with Crippen LogP contribution in [0.3, 0.4) is 0 Å². The number of aromatic nitrogens is 1. The van der Waals surface area contributed by atoms with Crippen LogP contribution in [0.1, 0.15) is 16.7 Å². The van der Waals surface area contributed by atoms with E-state index in [1.807, 2.05) is 18.3 Å². The maximum atomic E-state index is 10.8. The number of aromatic hydroxyl groups is 1. The van der Waals surface area contributed by atoms with Crippen molar-refractivity contribution in [2.45, 2.75) is 12.8 Å². The normalized spacial score (nSPS) is 10.8. The number of hydrogen-bond acceptors (Lipinski definition) is 3. The fourth-order valence-electron chi connectivity index (χ4n) is 2.72. The summed E-state index contributed by atoms with van der Waals surface area (Å²) in [6.07, 6.45) is 4.92. The molecule has 3 rings (SSSR count). The zero-order valence-electron chi connectivity index (χ0n) is 12.5. The zero-order valence-corrected chi connectivity index (χ0v) is 12.5. The number of benzene rings is 2. The maximum absolute atomic E-state index is 10.8. The van der Waals surface area contributed by atoms with Crippen molar-refractivity contribution in [1.29, 1.82) is 0 Å². The van der Waals surface area contributed by atoms with Gasteiger partial charge < -0.3 is 10.1 Å². The molecule has 3 aromatic rings. The number of phenolic OH excluding ortho intramolecular Hbond substituents is 1. The Kier molecular flexibility index (Phi) is 3.85. The molecule has 5 nitrogen and oxygen atoms in total. The first-order valence-electron chi connectivity index (χ1n) is 7.24. The molecule has 0 bridgehead atoms. The van der Waals surface area contributed by atoms with Gasteiger partial charge in [-0.25, -0.2) is 0 Å². The molecule has 0 saturated carbocycles. The van der Waals surface area contributed by atoms with E-state index in [2.05, 4.69) is 11.6 Å². The number of nitro benzene ring substituents is 1. The molecule has 1 heterocycles. The summed E-state index contributed by atoms with van der Waals surface area (Å²) in [5, 5.41) is 21.6. The fourth-order valence-corrected chi connectivity index (χ4v) is 2.72. The van der Waals surface area contributed by atoms with Crippen LogP contribution in [0.4, 0.5) is 5.69 Å². The van der Waals surface area contributed by atoms with Crippen LogP contribution >= 0.6 is 0 Å². The molecule has 2 aromatic carbocycles. The lowest BCUT2D eigenvalue weighted by molar-refractivity contribution is -0.384. The van der Waals surface area contributed by atoms with Crippen LogP contribution in [0.15, 0.2) is 55.3 Å². The van der Waals surface area contributed by atoms with Crippen LogP contribution in [0.25, 0.3) is 10.9 Å². The molecule has 0 atom stereocenters. The molecule has 0 spiro atoms. The molecule has 0 aliphatic heterocycles. The Morgan fingerprint density at radius 3 is 2.78 bits per heavy atom. The second-order valence-corrected chi connectivity index (χ2v) is 5.43. The molecule has 0 saturated heterocycles. The second kappa shape index (κ2) is 5.96. The largest absolute Gasteiger partial charge is 0.508 e. The van der Waals surface area contributed by atoms with E-state index < -0.39 is 4.92 Å². The van der Waals surface area contributed by atoms with E-state index in [1.54, 1.807) is 24.3 Å². The Labute approximate surface area is 133 Å². The monoisotopic (exact) mass is 308 g/mol. The Morgan fingerprint density at radius 2 is 2.04 bits per heavy atom. The van der Waals surface area contributed by atoms with Crippen molar-refractivity contribution < 1.29 is 10.0 Å². The third-order valence-corrected chi connectivity index (χ3v) is 3.86. The number of nitrogens with one attached hydrogen (secondary N) is 1. The molecular formula is C18H16N2O3. The van der Waals surface area contributed by atoms with Gasteiger partial charge in [-0.15, -0.1) is 6.58 Å².